The van der Waals surface area contributed by atoms with Gasteiger partial charge in [-0.05, 0) is 50.9 Å². The summed E-state index contributed by atoms with van der Waals surface area (Å²) in [4.78, 5) is 24.0. The van der Waals surface area contributed by atoms with E-state index < -0.39 is 11.8 Å². The molecule has 5 rings (SSSR count). The molecule has 0 unspecified atom stereocenters. The van der Waals surface area contributed by atoms with E-state index in [2.05, 4.69) is 25.3 Å². The molecule has 1 amide bonds. The van der Waals surface area contributed by atoms with Crippen molar-refractivity contribution in [2.45, 2.75) is 57.4 Å². The van der Waals surface area contributed by atoms with Crippen LogP contribution in [0.4, 0.5) is 14.6 Å². The lowest BCUT2D eigenvalue weighted by atomic mass is 9.86. The largest absolute Gasteiger partial charge is 0.310 e. The van der Waals surface area contributed by atoms with Crippen molar-refractivity contribution < 1.29 is 13.6 Å². The predicted octanol–water partition coefficient (Wildman–Crippen LogP) is 4.78. The molecular weight excluding hydrogens is 438 g/mol. The average molecular weight is 469 g/mol. The van der Waals surface area contributed by atoms with Crippen LogP contribution in [0.25, 0.3) is 22.0 Å². The number of likely N-dealkylation sites (tertiary alicyclic amines) is 1. The zero-order valence-corrected chi connectivity index (χ0v) is 19.4. The van der Waals surface area contributed by atoms with Gasteiger partial charge in [0.1, 0.15) is 5.82 Å². The first-order valence-electron chi connectivity index (χ1n) is 12.1. The summed E-state index contributed by atoms with van der Waals surface area (Å²) in [6.45, 7) is 3.06. The molecule has 7 nitrogen and oxygen atoms in total. The van der Waals surface area contributed by atoms with E-state index >= 15 is 0 Å². The Morgan fingerprint density at radius 2 is 1.85 bits per heavy atom. The highest BCUT2D eigenvalue weighted by atomic mass is 19.3. The maximum atomic E-state index is 13.4. The summed E-state index contributed by atoms with van der Waals surface area (Å²) in [7, 11) is 1.97. The highest BCUT2D eigenvalue weighted by Crippen LogP contribution is 2.36. The van der Waals surface area contributed by atoms with Crippen LogP contribution in [0.1, 0.15) is 50.6 Å². The van der Waals surface area contributed by atoms with Gasteiger partial charge < -0.3 is 5.32 Å². The van der Waals surface area contributed by atoms with Crippen LogP contribution in [0, 0.1) is 5.92 Å². The quantitative estimate of drug-likeness (QED) is 0.583. The first kappa shape index (κ1) is 22.8. The molecule has 0 aromatic carbocycles. The van der Waals surface area contributed by atoms with E-state index in [1.165, 1.54) is 19.3 Å². The smallest absolute Gasteiger partial charge is 0.248 e. The number of halogens is 2. The van der Waals surface area contributed by atoms with E-state index in [4.69, 9.17) is 0 Å². The average Bonchev–Trinajstić information content (AvgIpc) is 3.19. The minimum atomic E-state index is -2.65. The number of carbonyl (C=O) groups excluding carboxylic acids is 1. The maximum Gasteiger partial charge on any atom is 0.248 e. The number of hydrogen-bond donors (Lipinski definition) is 1. The summed E-state index contributed by atoms with van der Waals surface area (Å²) in [5, 5.41) is 8.16. The van der Waals surface area contributed by atoms with Gasteiger partial charge in [0.25, 0.3) is 0 Å². The van der Waals surface area contributed by atoms with Crippen LogP contribution in [0.5, 0.6) is 0 Å². The van der Waals surface area contributed by atoms with Crippen molar-refractivity contribution >= 4 is 22.6 Å². The number of carbonyl (C=O) groups is 1. The van der Waals surface area contributed by atoms with Crippen molar-refractivity contribution in [3.8, 4) is 11.1 Å². The number of amides is 1. The Morgan fingerprint density at radius 3 is 2.62 bits per heavy atom. The van der Waals surface area contributed by atoms with Gasteiger partial charge in [0, 0.05) is 55.1 Å². The summed E-state index contributed by atoms with van der Waals surface area (Å²) in [6.07, 6.45) is 9.00. The number of rotatable bonds is 5. The summed E-state index contributed by atoms with van der Waals surface area (Å²) in [6, 6.07) is 3.83. The van der Waals surface area contributed by atoms with Crippen LogP contribution in [0.15, 0.2) is 30.7 Å². The van der Waals surface area contributed by atoms with Crippen LogP contribution in [-0.4, -0.2) is 49.6 Å². The van der Waals surface area contributed by atoms with Crippen LogP contribution in [0.2, 0.25) is 0 Å². The molecule has 4 heterocycles. The number of fused-ring (bicyclic) bond motifs is 1. The Morgan fingerprint density at radius 1 is 1.09 bits per heavy atom. The zero-order chi connectivity index (χ0) is 23.7. The Hall–Kier alpha value is -2.94. The lowest BCUT2D eigenvalue weighted by molar-refractivity contribution is -0.124. The van der Waals surface area contributed by atoms with E-state index in [9.17, 15) is 13.6 Å². The summed E-state index contributed by atoms with van der Waals surface area (Å²) in [5.74, 6) is -2.90. The molecule has 1 aliphatic carbocycles. The second-order valence-corrected chi connectivity index (χ2v) is 9.57. The monoisotopic (exact) mass is 468 g/mol. The molecule has 2 aliphatic rings. The number of alkyl halides is 2. The molecule has 1 N–H and O–H groups in total. The lowest BCUT2D eigenvalue weighted by Gasteiger charge is -2.27. The van der Waals surface area contributed by atoms with Gasteiger partial charge in [-0.25, -0.2) is 13.8 Å². The molecule has 3 aromatic heterocycles. The number of hydrogen-bond acceptors (Lipinski definition) is 5. The second kappa shape index (κ2) is 9.37. The Bertz CT molecular complexity index is 1180. The third kappa shape index (κ3) is 4.94. The highest BCUT2D eigenvalue weighted by molar-refractivity contribution is 5.94. The second-order valence-electron chi connectivity index (χ2n) is 9.57. The third-order valence-corrected chi connectivity index (χ3v) is 7.10. The van der Waals surface area contributed by atoms with Gasteiger partial charge in [-0.1, -0.05) is 6.42 Å². The minimum absolute atomic E-state index is 0.193. The van der Waals surface area contributed by atoms with Crippen molar-refractivity contribution in [2.24, 2.45) is 13.0 Å². The van der Waals surface area contributed by atoms with Gasteiger partial charge >= 0.3 is 0 Å². The Kier molecular flexibility index (Phi) is 6.29. The molecule has 1 aliphatic heterocycles. The molecule has 1 saturated heterocycles. The van der Waals surface area contributed by atoms with Crippen molar-refractivity contribution in [1.82, 2.24) is 24.6 Å². The number of aromatic nitrogens is 4. The fraction of sp³-hybridized carbons (Fsp3) is 0.520. The van der Waals surface area contributed by atoms with Crippen LogP contribution >= 0.6 is 0 Å². The van der Waals surface area contributed by atoms with Crippen molar-refractivity contribution in [2.75, 3.05) is 18.4 Å². The van der Waals surface area contributed by atoms with Gasteiger partial charge in [0.2, 0.25) is 11.8 Å². The highest BCUT2D eigenvalue weighted by Gasteiger charge is 2.37. The molecule has 180 valence electrons. The van der Waals surface area contributed by atoms with Crippen LogP contribution in [-0.2, 0) is 18.4 Å². The van der Waals surface area contributed by atoms with Crippen molar-refractivity contribution in [3.63, 3.8) is 0 Å². The van der Waals surface area contributed by atoms with Gasteiger partial charge in [-0.3, -0.25) is 19.4 Å². The molecule has 3 aromatic rings. The predicted molar refractivity (Wildman–Crippen MR) is 126 cm³/mol. The van der Waals surface area contributed by atoms with Gasteiger partial charge in [0.15, 0.2) is 0 Å². The molecular formula is C25H30F2N6O. The first-order valence-corrected chi connectivity index (χ1v) is 12.1. The number of nitrogens with one attached hydrogen (secondary N) is 1. The van der Waals surface area contributed by atoms with Crippen LogP contribution < -0.4 is 5.32 Å². The van der Waals surface area contributed by atoms with Crippen LogP contribution in [0.3, 0.4) is 0 Å². The summed E-state index contributed by atoms with van der Waals surface area (Å²) in [5.41, 5.74) is 3.89. The normalized spacial score (nSPS) is 19.4. The van der Waals surface area contributed by atoms with Crippen molar-refractivity contribution in [1.29, 1.82) is 0 Å². The molecule has 1 saturated carbocycles. The summed E-state index contributed by atoms with van der Waals surface area (Å²) < 4.78 is 28.8. The van der Waals surface area contributed by atoms with Gasteiger partial charge in [-0.15, -0.1) is 0 Å². The van der Waals surface area contributed by atoms with Crippen molar-refractivity contribution in [3.05, 3.63) is 36.4 Å². The van der Waals surface area contributed by atoms with Gasteiger partial charge in [0.05, 0.1) is 23.6 Å². The zero-order valence-electron chi connectivity index (χ0n) is 19.4. The molecule has 0 spiro atoms. The number of aryl methyl sites for hydroxylation is 1. The molecule has 2 fully saturated rings. The number of anilines is 1. The summed E-state index contributed by atoms with van der Waals surface area (Å²) >= 11 is 0. The Balaban J connectivity index is 1.35. The number of piperidine rings is 1. The van der Waals surface area contributed by atoms with E-state index in [1.807, 2.05) is 30.2 Å². The molecule has 0 atom stereocenters. The maximum absolute atomic E-state index is 13.4. The lowest BCUT2D eigenvalue weighted by Crippen LogP contribution is -2.32. The standard InChI is InChI=1S/C25H30F2N6O/c1-32-22(16-33-9-3-2-4-10-33)20(14-30-32)19-11-18-12-23(29-15-21(18)28-13-19)31-24(34)17-5-7-25(26,27)8-6-17/h11-15,17H,2-10,16H2,1H3,(H,29,31,34). The first-order chi connectivity index (χ1) is 16.4. The SMILES string of the molecule is Cn1ncc(-c2cnc3cnc(NC(=O)C4CCC(F)(F)CC4)cc3c2)c1CN1CCCCC1. The molecule has 0 bridgehead atoms. The van der Waals surface area contributed by atoms with E-state index in [0.29, 0.717) is 5.82 Å². The minimum Gasteiger partial charge on any atom is -0.310 e. The molecule has 34 heavy (non-hydrogen) atoms. The van der Waals surface area contributed by atoms with E-state index in [0.717, 1.165) is 47.4 Å². The fourth-order valence-corrected chi connectivity index (χ4v) is 5.00. The van der Waals surface area contributed by atoms with E-state index in [-0.39, 0.29) is 31.6 Å². The molecule has 9 heteroatoms. The third-order valence-electron chi connectivity index (χ3n) is 7.10. The van der Waals surface area contributed by atoms with E-state index in [1.54, 1.807) is 12.3 Å². The number of nitrogens with zero attached hydrogens (tertiary/aromatic N) is 5. The fourth-order valence-electron chi connectivity index (χ4n) is 5.00. The number of pyridine rings is 2. The Labute approximate surface area is 197 Å². The topological polar surface area (TPSA) is 75.9 Å². The molecule has 0 radical (unpaired) electrons. The van der Waals surface area contributed by atoms with Gasteiger partial charge in [-0.2, -0.15) is 5.10 Å².